The third-order valence-corrected chi connectivity index (χ3v) is 3.87. The highest BCUT2D eigenvalue weighted by molar-refractivity contribution is 6.32. The number of halogens is 2. The summed E-state index contributed by atoms with van der Waals surface area (Å²) in [6.45, 7) is 3.66. The van der Waals surface area contributed by atoms with Gasteiger partial charge in [-0.1, -0.05) is 18.5 Å². The molecule has 0 aliphatic carbocycles. The Morgan fingerprint density at radius 2 is 2.38 bits per heavy atom. The van der Waals surface area contributed by atoms with Crippen LogP contribution in [0.2, 0.25) is 5.02 Å². The molecule has 16 heavy (non-hydrogen) atoms. The van der Waals surface area contributed by atoms with Crippen molar-refractivity contribution in [2.45, 2.75) is 18.7 Å². The van der Waals surface area contributed by atoms with Gasteiger partial charge in [0.05, 0.1) is 6.33 Å². The van der Waals surface area contributed by atoms with Gasteiger partial charge in [0.15, 0.2) is 5.82 Å². The number of piperidine rings is 1. The Labute approximate surface area is 104 Å². The van der Waals surface area contributed by atoms with Crippen LogP contribution in [0.5, 0.6) is 0 Å². The van der Waals surface area contributed by atoms with Crippen LogP contribution in [0.15, 0.2) is 11.1 Å². The van der Waals surface area contributed by atoms with Crippen molar-refractivity contribution in [3.8, 4) is 0 Å². The summed E-state index contributed by atoms with van der Waals surface area (Å²) in [5.41, 5.74) is -0.299. The van der Waals surface area contributed by atoms with Crippen molar-refractivity contribution in [1.82, 2.24) is 9.97 Å². The molecule has 2 heterocycles. The predicted octanol–water partition coefficient (Wildman–Crippen LogP) is 1.88. The van der Waals surface area contributed by atoms with Gasteiger partial charge in [-0.3, -0.25) is 4.79 Å². The summed E-state index contributed by atoms with van der Waals surface area (Å²) >= 11 is 12.1. The lowest BCUT2D eigenvalue weighted by Gasteiger charge is -2.34. The molecule has 2 unspecified atom stereocenters. The van der Waals surface area contributed by atoms with E-state index in [2.05, 4.69) is 16.9 Å². The minimum absolute atomic E-state index is 0.155. The second kappa shape index (κ2) is 4.63. The van der Waals surface area contributed by atoms with Crippen LogP contribution in [0.25, 0.3) is 0 Å². The number of aromatic amines is 1. The highest BCUT2D eigenvalue weighted by Gasteiger charge is 2.26. The molecule has 0 radical (unpaired) electrons. The topological polar surface area (TPSA) is 49.0 Å². The van der Waals surface area contributed by atoms with Gasteiger partial charge in [0.25, 0.3) is 5.56 Å². The van der Waals surface area contributed by atoms with E-state index < -0.39 is 0 Å². The molecule has 0 saturated carbocycles. The Balaban J connectivity index is 2.25. The van der Waals surface area contributed by atoms with E-state index in [1.54, 1.807) is 0 Å². The van der Waals surface area contributed by atoms with Gasteiger partial charge < -0.3 is 9.88 Å². The molecule has 0 bridgehead atoms. The fraction of sp³-hybridized carbons (Fsp3) is 0.600. The van der Waals surface area contributed by atoms with E-state index in [1.165, 1.54) is 6.33 Å². The van der Waals surface area contributed by atoms with Gasteiger partial charge >= 0.3 is 0 Å². The molecule has 1 saturated heterocycles. The smallest absolute Gasteiger partial charge is 0.271 e. The zero-order chi connectivity index (χ0) is 11.7. The minimum atomic E-state index is -0.299. The van der Waals surface area contributed by atoms with Crippen LogP contribution >= 0.6 is 23.2 Å². The molecule has 1 N–H and O–H groups in total. The number of anilines is 1. The number of rotatable bonds is 1. The van der Waals surface area contributed by atoms with E-state index in [1.807, 2.05) is 4.90 Å². The molecule has 6 heteroatoms. The second-order valence-electron chi connectivity index (χ2n) is 4.10. The summed E-state index contributed by atoms with van der Waals surface area (Å²) in [6, 6.07) is 0. The van der Waals surface area contributed by atoms with Crippen molar-refractivity contribution >= 4 is 29.0 Å². The van der Waals surface area contributed by atoms with E-state index in [0.29, 0.717) is 11.7 Å². The van der Waals surface area contributed by atoms with Gasteiger partial charge in [-0.15, -0.1) is 11.6 Å². The molecule has 1 fully saturated rings. The van der Waals surface area contributed by atoms with Crippen LogP contribution in [0.3, 0.4) is 0 Å². The average molecular weight is 262 g/mol. The van der Waals surface area contributed by atoms with E-state index in [-0.39, 0.29) is 16.0 Å². The fourth-order valence-corrected chi connectivity index (χ4v) is 2.30. The molecule has 4 nitrogen and oxygen atoms in total. The van der Waals surface area contributed by atoms with Crippen LogP contribution in [-0.2, 0) is 0 Å². The first-order valence-corrected chi connectivity index (χ1v) is 6.03. The Kier molecular flexibility index (Phi) is 3.40. The molecule has 2 rings (SSSR count). The van der Waals surface area contributed by atoms with Crippen LogP contribution < -0.4 is 10.5 Å². The van der Waals surface area contributed by atoms with Gasteiger partial charge in [0.1, 0.15) is 5.02 Å². The molecule has 1 aromatic heterocycles. The zero-order valence-corrected chi connectivity index (χ0v) is 10.4. The molecule has 2 atom stereocenters. The Morgan fingerprint density at radius 3 is 3.06 bits per heavy atom. The first-order valence-electron chi connectivity index (χ1n) is 5.22. The van der Waals surface area contributed by atoms with Gasteiger partial charge in [-0.2, -0.15) is 0 Å². The van der Waals surface area contributed by atoms with E-state index in [0.717, 1.165) is 19.5 Å². The fourth-order valence-electron chi connectivity index (χ4n) is 1.90. The maximum Gasteiger partial charge on any atom is 0.271 e. The second-order valence-corrected chi connectivity index (χ2v) is 5.04. The van der Waals surface area contributed by atoms with E-state index in [4.69, 9.17) is 23.2 Å². The van der Waals surface area contributed by atoms with Crippen LogP contribution in [0.1, 0.15) is 13.3 Å². The Bertz CT molecular complexity index is 434. The third-order valence-electron chi connectivity index (χ3n) is 2.88. The average Bonchev–Trinajstić information content (AvgIpc) is 2.26. The minimum Gasteiger partial charge on any atom is -0.355 e. The molecule has 0 amide bonds. The Hall–Kier alpha value is -0.740. The summed E-state index contributed by atoms with van der Waals surface area (Å²) < 4.78 is 0. The molecule has 1 aromatic rings. The highest BCUT2D eigenvalue weighted by Crippen LogP contribution is 2.27. The Morgan fingerprint density at radius 1 is 1.62 bits per heavy atom. The number of hydrogen-bond acceptors (Lipinski definition) is 3. The van der Waals surface area contributed by atoms with Crippen molar-refractivity contribution in [3.63, 3.8) is 0 Å². The number of nitrogens with zero attached hydrogens (tertiary/aromatic N) is 2. The summed E-state index contributed by atoms with van der Waals surface area (Å²) in [6.07, 6.45) is 2.26. The van der Waals surface area contributed by atoms with Gasteiger partial charge in [-0.05, 0) is 12.3 Å². The molecule has 88 valence electrons. The monoisotopic (exact) mass is 261 g/mol. The van der Waals surface area contributed by atoms with E-state index in [9.17, 15) is 4.79 Å². The van der Waals surface area contributed by atoms with Crippen molar-refractivity contribution in [2.75, 3.05) is 18.0 Å². The lowest BCUT2D eigenvalue weighted by Crippen LogP contribution is -2.41. The molecule has 0 spiro atoms. The summed E-state index contributed by atoms with van der Waals surface area (Å²) in [4.78, 5) is 19.9. The molecule has 0 aromatic carbocycles. The highest BCUT2D eigenvalue weighted by atomic mass is 35.5. The molecular weight excluding hydrogens is 249 g/mol. The normalized spacial score (nSPS) is 25.8. The van der Waals surface area contributed by atoms with Crippen molar-refractivity contribution in [3.05, 3.63) is 21.7 Å². The summed E-state index contributed by atoms with van der Waals surface area (Å²) in [5.74, 6) is 0.924. The lowest BCUT2D eigenvalue weighted by atomic mass is 10.00. The number of nitrogens with one attached hydrogen (secondary N) is 1. The van der Waals surface area contributed by atoms with Crippen molar-refractivity contribution in [2.24, 2.45) is 5.92 Å². The van der Waals surface area contributed by atoms with Crippen molar-refractivity contribution < 1.29 is 0 Å². The maximum absolute atomic E-state index is 11.3. The predicted molar refractivity (Wildman–Crippen MR) is 65.5 cm³/mol. The van der Waals surface area contributed by atoms with Crippen molar-refractivity contribution in [1.29, 1.82) is 0 Å². The van der Waals surface area contributed by atoms with Gasteiger partial charge in [0, 0.05) is 18.5 Å². The number of H-pyrrole nitrogens is 1. The molecule has 1 aliphatic heterocycles. The SMILES string of the molecule is CC1CN(c2nc[nH]c(=O)c2Cl)CCC1Cl. The molecule has 1 aliphatic rings. The summed E-state index contributed by atoms with van der Waals surface area (Å²) in [5, 5.41) is 0.347. The van der Waals surface area contributed by atoms with Crippen LogP contribution in [0, 0.1) is 5.92 Å². The number of aromatic nitrogens is 2. The first-order chi connectivity index (χ1) is 7.59. The first kappa shape index (κ1) is 11.7. The standard InChI is InChI=1S/C10H13Cl2N3O/c1-6-4-15(3-2-7(6)11)9-8(12)10(16)14-5-13-9/h5-7H,2-4H2,1H3,(H,13,14,16). The van der Waals surface area contributed by atoms with Crippen LogP contribution in [0.4, 0.5) is 5.82 Å². The summed E-state index contributed by atoms with van der Waals surface area (Å²) in [7, 11) is 0. The zero-order valence-electron chi connectivity index (χ0n) is 8.91. The third kappa shape index (κ3) is 2.18. The van der Waals surface area contributed by atoms with Gasteiger partial charge in [-0.25, -0.2) is 4.98 Å². The lowest BCUT2D eigenvalue weighted by molar-refractivity contribution is 0.452. The quantitative estimate of drug-likeness (QED) is 0.786. The maximum atomic E-state index is 11.3. The van der Waals surface area contributed by atoms with E-state index >= 15 is 0 Å². The van der Waals surface area contributed by atoms with Crippen LogP contribution in [-0.4, -0.2) is 28.4 Å². The molecular formula is C10H13Cl2N3O. The largest absolute Gasteiger partial charge is 0.355 e. The number of alkyl halides is 1. The van der Waals surface area contributed by atoms with Gasteiger partial charge in [0.2, 0.25) is 0 Å². The number of hydrogen-bond donors (Lipinski definition) is 1.